The van der Waals surface area contributed by atoms with E-state index >= 15 is 0 Å². The van der Waals surface area contributed by atoms with Gasteiger partial charge < -0.3 is 15.0 Å². The van der Waals surface area contributed by atoms with Crippen molar-refractivity contribution >= 4 is 17.5 Å². The van der Waals surface area contributed by atoms with Crippen molar-refractivity contribution in [3.8, 4) is 5.75 Å². The first kappa shape index (κ1) is 14.8. The average molecular weight is 271 g/mol. The molecule has 0 saturated heterocycles. The number of amides is 1. The fourth-order valence-corrected chi connectivity index (χ4v) is 1.73. The van der Waals surface area contributed by atoms with E-state index in [2.05, 4.69) is 5.32 Å². The van der Waals surface area contributed by atoms with Gasteiger partial charge in [-0.2, -0.15) is 0 Å². The van der Waals surface area contributed by atoms with Crippen LogP contribution in [0.15, 0.2) is 18.2 Å². The van der Waals surface area contributed by atoms with Gasteiger partial charge >= 0.3 is 0 Å². The van der Waals surface area contributed by atoms with Gasteiger partial charge in [-0.3, -0.25) is 4.79 Å². The van der Waals surface area contributed by atoms with Gasteiger partial charge in [-0.05, 0) is 24.6 Å². The highest BCUT2D eigenvalue weighted by Crippen LogP contribution is 2.24. The number of rotatable bonds is 6. The van der Waals surface area contributed by atoms with Crippen molar-refractivity contribution in [1.82, 2.24) is 10.2 Å². The standard InChI is InChI=1S/C13H19ClN2O2/c1-4-16(2)13(17)9-15-8-10-5-6-12(18-3)11(14)7-10/h5-7,15H,4,8-9H2,1-3H3. The van der Waals surface area contributed by atoms with Crippen molar-refractivity contribution < 1.29 is 9.53 Å². The minimum Gasteiger partial charge on any atom is -0.495 e. The van der Waals surface area contributed by atoms with Crippen molar-refractivity contribution in [3.63, 3.8) is 0 Å². The molecule has 0 heterocycles. The molecule has 1 amide bonds. The number of carbonyl (C=O) groups is 1. The SMILES string of the molecule is CCN(C)C(=O)CNCc1ccc(OC)c(Cl)c1. The Bertz CT molecular complexity index is 410. The molecule has 1 aromatic carbocycles. The van der Waals surface area contributed by atoms with Crippen molar-refractivity contribution in [1.29, 1.82) is 0 Å². The Morgan fingerprint density at radius 2 is 2.22 bits per heavy atom. The van der Waals surface area contributed by atoms with Crippen LogP contribution in [-0.2, 0) is 11.3 Å². The lowest BCUT2D eigenvalue weighted by atomic mass is 10.2. The van der Waals surface area contributed by atoms with E-state index in [1.165, 1.54) is 0 Å². The lowest BCUT2D eigenvalue weighted by molar-refractivity contribution is -0.128. The summed E-state index contributed by atoms with van der Waals surface area (Å²) >= 11 is 6.02. The van der Waals surface area contributed by atoms with Crippen LogP contribution in [0.2, 0.25) is 5.02 Å². The molecule has 0 unspecified atom stereocenters. The van der Waals surface area contributed by atoms with Crippen LogP contribution < -0.4 is 10.1 Å². The van der Waals surface area contributed by atoms with E-state index in [0.29, 0.717) is 23.9 Å². The van der Waals surface area contributed by atoms with Crippen molar-refractivity contribution in [3.05, 3.63) is 28.8 Å². The molecular formula is C13H19ClN2O2. The topological polar surface area (TPSA) is 41.6 Å². The van der Waals surface area contributed by atoms with Crippen LogP contribution in [0.1, 0.15) is 12.5 Å². The molecule has 0 aliphatic heterocycles. The zero-order chi connectivity index (χ0) is 13.5. The predicted molar refractivity (Wildman–Crippen MR) is 73.0 cm³/mol. The zero-order valence-electron chi connectivity index (χ0n) is 11.0. The Kier molecular flexibility index (Phi) is 5.95. The van der Waals surface area contributed by atoms with Gasteiger partial charge in [-0.1, -0.05) is 17.7 Å². The highest BCUT2D eigenvalue weighted by molar-refractivity contribution is 6.32. The van der Waals surface area contributed by atoms with Crippen molar-refractivity contribution in [2.45, 2.75) is 13.5 Å². The Morgan fingerprint density at radius 1 is 1.50 bits per heavy atom. The molecule has 0 atom stereocenters. The van der Waals surface area contributed by atoms with Gasteiger partial charge in [0, 0.05) is 20.1 Å². The summed E-state index contributed by atoms with van der Waals surface area (Å²) in [5.74, 6) is 0.735. The van der Waals surface area contributed by atoms with Crippen LogP contribution in [-0.4, -0.2) is 38.1 Å². The monoisotopic (exact) mass is 270 g/mol. The molecule has 0 aliphatic carbocycles. The quantitative estimate of drug-likeness (QED) is 0.859. The van der Waals surface area contributed by atoms with Crippen LogP contribution in [0, 0.1) is 0 Å². The first-order valence-corrected chi connectivity index (χ1v) is 6.23. The normalized spacial score (nSPS) is 10.2. The van der Waals surface area contributed by atoms with E-state index in [-0.39, 0.29) is 5.91 Å². The third kappa shape index (κ3) is 4.20. The summed E-state index contributed by atoms with van der Waals surface area (Å²) in [6.45, 7) is 3.59. The Morgan fingerprint density at radius 3 is 2.78 bits per heavy atom. The van der Waals surface area contributed by atoms with Crippen molar-refractivity contribution in [2.24, 2.45) is 0 Å². The fourth-order valence-electron chi connectivity index (χ4n) is 1.44. The third-order valence-electron chi connectivity index (χ3n) is 2.72. The van der Waals surface area contributed by atoms with Crippen LogP contribution in [0.3, 0.4) is 0 Å². The van der Waals surface area contributed by atoms with Gasteiger partial charge in [0.2, 0.25) is 5.91 Å². The Hall–Kier alpha value is -1.26. The molecule has 0 fully saturated rings. The summed E-state index contributed by atoms with van der Waals surface area (Å²) in [5, 5.41) is 3.67. The number of benzene rings is 1. The van der Waals surface area contributed by atoms with E-state index in [1.807, 2.05) is 25.1 Å². The number of likely N-dealkylation sites (N-methyl/N-ethyl adjacent to an activating group) is 1. The van der Waals surface area contributed by atoms with Gasteiger partial charge in [-0.25, -0.2) is 0 Å². The summed E-state index contributed by atoms with van der Waals surface area (Å²) in [4.78, 5) is 13.2. The summed E-state index contributed by atoms with van der Waals surface area (Å²) in [6.07, 6.45) is 0. The summed E-state index contributed by atoms with van der Waals surface area (Å²) in [7, 11) is 3.37. The highest BCUT2D eigenvalue weighted by Gasteiger charge is 2.06. The second-order valence-electron chi connectivity index (χ2n) is 3.98. The van der Waals surface area contributed by atoms with E-state index in [1.54, 1.807) is 19.1 Å². The second-order valence-corrected chi connectivity index (χ2v) is 4.39. The maximum absolute atomic E-state index is 11.5. The first-order chi connectivity index (χ1) is 8.58. The molecule has 0 aliphatic rings. The van der Waals surface area contributed by atoms with Gasteiger partial charge in [0.1, 0.15) is 5.75 Å². The lowest BCUT2D eigenvalue weighted by Gasteiger charge is -2.14. The number of halogens is 1. The number of hydrogen-bond donors (Lipinski definition) is 1. The van der Waals surface area contributed by atoms with Crippen LogP contribution in [0.25, 0.3) is 0 Å². The third-order valence-corrected chi connectivity index (χ3v) is 3.02. The van der Waals surface area contributed by atoms with Gasteiger partial charge in [0.05, 0.1) is 18.7 Å². The molecule has 0 spiro atoms. The predicted octanol–water partition coefficient (Wildman–Crippen LogP) is 1.92. The van der Waals surface area contributed by atoms with Gasteiger partial charge in [-0.15, -0.1) is 0 Å². The molecular weight excluding hydrogens is 252 g/mol. The van der Waals surface area contributed by atoms with E-state index in [9.17, 15) is 4.79 Å². The first-order valence-electron chi connectivity index (χ1n) is 5.85. The summed E-state index contributed by atoms with van der Waals surface area (Å²) in [5.41, 5.74) is 1.02. The Labute approximate surface area is 113 Å². The number of methoxy groups -OCH3 is 1. The van der Waals surface area contributed by atoms with E-state index < -0.39 is 0 Å². The molecule has 1 aromatic rings. The smallest absolute Gasteiger partial charge is 0.236 e. The van der Waals surface area contributed by atoms with Crippen LogP contribution >= 0.6 is 11.6 Å². The number of ether oxygens (including phenoxy) is 1. The minimum atomic E-state index is 0.0807. The molecule has 1 rings (SSSR count). The molecule has 0 bridgehead atoms. The molecule has 0 aromatic heterocycles. The zero-order valence-corrected chi connectivity index (χ0v) is 11.8. The number of nitrogens with one attached hydrogen (secondary N) is 1. The molecule has 0 saturated carbocycles. The minimum absolute atomic E-state index is 0.0807. The van der Waals surface area contributed by atoms with E-state index in [0.717, 1.165) is 12.1 Å². The maximum Gasteiger partial charge on any atom is 0.236 e. The van der Waals surface area contributed by atoms with Gasteiger partial charge in [0.15, 0.2) is 0 Å². The molecule has 100 valence electrons. The number of hydrogen-bond acceptors (Lipinski definition) is 3. The molecule has 18 heavy (non-hydrogen) atoms. The number of nitrogens with zero attached hydrogens (tertiary/aromatic N) is 1. The maximum atomic E-state index is 11.5. The molecule has 1 N–H and O–H groups in total. The van der Waals surface area contributed by atoms with Crippen molar-refractivity contribution in [2.75, 3.05) is 27.2 Å². The van der Waals surface area contributed by atoms with Gasteiger partial charge in [0.25, 0.3) is 0 Å². The lowest BCUT2D eigenvalue weighted by Crippen LogP contribution is -2.35. The number of carbonyl (C=O) groups excluding carboxylic acids is 1. The van der Waals surface area contributed by atoms with Crippen LogP contribution in [0.5, 0.6) is 5.75 Å². The molecule has 0 radical (unpaired) electrons. The molecule has 5 heteroatoms. The second kappa shape index (κ2) is 7.24. The van der Waals surface area contributed by atoms with E-state index in [4.69, 9.17) is 16.3 Å². The van der Waals surface area contributed by atoms with Crippen LogP contribution in [0.4, 0.5) is 0 Å². The fraction of sp³-hybridized carbons (Fsp3) is 0.462. The highest BCUT2D eigenvalue weighted by atomic mass is 35.5. The largest absolute Gasteiger partial charge is 0.495 e. The Balaban J connectivity index is 2.45. The summed E-state index contributed by atoms with van der Waals surface area (Å²) in [6, 6.07) is 5.58. The summed E-state index contributed by atoms with van der Waals surface area (Å²) < 4.78 is 5.08. The average Bonchev–Trinajstić information content (AvgIpc) is 2.37. The molecule has 4 nitrogen and oxygen atoms in total.